The van der Waals surface area contributed by atoms with Crippen LogP contribution in [0.4, 0.5) is 5.82 Å². The molecule has 0 aliphatic carbocycles. The highest BCUT2D eigenvalue weighted by atomic mass is 79.9. The quantitative estimate of drug-likeness (QED) is 0.786. The van der Waals surface area contributed by atoms with Crippen molar-refractivity contribution in [3.63, 3.8) is 0 Å². The molecule has 2 heterocycles. The molecular weight excluding hydrogens is 292 g/mol. The Morgan fingerprint density at radius 3 is 2.56 bits per heavy atom. The number of rotatable bonds is 4. The Morgan fingerprint density at radius 1 is 1.22 bits per heavy atom. The van der Waals surface area contributed by atoms with E-state index in [4.69, 9.17) is 0 Å². The Kier molecular flexibility index (Phi) is 4.97. The van der Waals surface area contributed by atoms with Crippen molar-refractivity contribution in [3.8, 4) is 0 Å². The average Bonchev–Trinajstić information content (AvgIpc) is 2.37. The molecule has 0 radical (unpaired) electrons. The molecule has 0 bridgehead atoms. The summed E-state index contributed by atoms with van der Waals surface area (Å²) in [5.74, 6) is 1.08. The summed E-state index contributed by atoms with van der Waals surface area (Å²) in [4.78, 5) is 11.6. The van der Waals surface area contributed by atoms with Crippen molar-refractivity contribution < 1.29 is 0 Å². The normalized spacial score (nSPS) is 17.4. The number of piperazine rings is 1. The number of nitrogens with zero attached hydrogens (tertiary/aromatic N) is 4. The van der Waals surface area contributed by atoms with Crippen molar-refractivity contribution >= 4 is 21.7 Å². The van der Waals surface area contributed by atoms with E-state index in [1.807, 2.05) is 12.1 Å². The minimum atomic E-state index is 0.912. The van der Waals surface area contributed by atoms with Crippen LogP contribution in [0.2, 0.25) is 0 Å². The van der Waals surface area contributed by atoms with Crippen LogP contribution in [0.3, 0.4) is 0 Å². The van der Waals surface area contributed by atoms with Crippen molar-refractivity contribution in [1.29, 1.82) is 0 Å². The Hall–Kier alpha value is -0.650. The topological polar surface area (TPSA) is 22.6 Å². The smallest absolute Gasteiger partial charge is 0.129 e. The van der Waals surface area contributed by atoms with Crippen LogP contribution < -0.4 is 4.90 Å². The van der Waals surface area contributed by atoms with Crippen LogP contribution in [0, 0.1) is 0 Å². The molecule has 1 aromatic heterocycles. The number of anilines is 1. The number of hydrogen-bond acceptors (Lipinski definition) is 4. The summed E-state index contributed by atoms with van der Waals surface area (Å²) in [6.07, 6.45) is 0. The largest absolute Gasteiger partial charge is 0.354 e. The highest BCUT2D eigenvalue weighted by Gasteiger charge is 2.17. The van der Waals surface area contributed by atoms with E-state index in [-0.39, 0.29) is 0 Å². The molecule has 0 saturated carbocycles. The number of hydrogen-bond donors (Lipinski definition) is 0. The van der Waals surface area contributed by atoms with E-state index >= 15 is 0 Å². The van der Waals surface area contributed by atoms with Crippen LogP contribution in [-0.2, 0) is 0 Å². The maximum atomic E-state index is 4.51. The van der Waals surface area contributed by atoms with Gasteiger partial charge in [0.15, 0.2) is 0 Å². The van der Waals surface area contributed by atoms with Gasteiger partial charge in [-0.25, -0.2) is 4.98 Å². The summed E-state index contributed by atoms with van der Waals surface area (Å²) in [6, 6.07) is 6.10. The van der Waals surface area contributed by atoms with Crippen LogP contribution >= 0.6 is 15.9 Å². The van der Waals surface area contributed by atoms with E-state index in [1.165, 1.54) is 0 Å². The first-order valence-corrected chi connectivity index (χ1v) is 7.19. The summed E-state index contributed by atoms with van der Waals surface area (Å²) < 4.78 is 0.912. The monoisotopic (exact) mass is 312 g/mol. The van der Waals surface area contributed by atoms with Gasteiger partial charge >= 0.3 is 0 Å². The number of aromatic nitrogens is 1. The predicted octanol–water partition coefficient (Wildman–Crippen LogP) is 1.53. The summed E-state index contributed by atoms with van der Waals surface area (Å²) >= 11 is 3.43. The second kappa shape index (κ2) is 6.50. The Labute approximate surface area is 118 Å². The molecule has 0 aromatic carbocycles. The second-order valence-electron chi connectivity index (χ2n) is 4.95. The van der Waals surface area contributed by atoms with Crippen molar-refractivity contribution in [3.05, 3.63) is 22.8 Å². The fourth-order valence-corrected chi connectivity index (χ4v) is 2.45. The molecule has 0 spiro atoms. The van der Waals surface area contributed by atoms with Crippen LogP contribution in [0.1, 0.15) is 0 Å². The highest BCUT2D eigenvalue weighted by molar-refractivity contribution is 9.10. The zero-order chi connectivity index (χ0) is 13.0. The third-order valence-corrected chi connectivity index (χ3v) is 3.70. The first kappa shape index (κ1) is 13.8. The highest BCUT2D eigenvalue weighted by Crippen LogP contribution is 2.16. The first-order chi connectivity index (χ1) is 8.65. The maximum absolute atomic E-state index is 4.51. The minimum Gasteiger partial charge on any atom is -0.354 e. The number of likely N-dealkylation sites (N-methyl/N-ethyl adjacent to an activating group) is 1. The Bertz CT molecular complexity index is 375. The minimum absolute atomic E-state index is 0.912. The van der Waals surface area contributed by atoms with E-state index in [9.17, 15) is 0 Å². The molecule has 18 heavy (non-hydrogen) atoms. The zero-order valence-electron chi connectivity index (χ0n) is 11.1. The van der Waals surface area contributed by atoms with Crippen molar-refractivity contribution in [2.24, 2.45) is 0 Å². The molecule has 1 aromatic rings. The Balaban J connectivity index is 1.83. The van der Waals surface area contributed by atoms with Crippen LogP contribution in [0.5, 0.6) is 0 Å². The van der Waals surface area contributed by atoms with Crippen molar-refractivity contribution in [2.75, 3.05) is 58.3 Å². The average molecular weight is 313 g/mol. The van der Waals surface area contributed by atoms with Gasteiger partial charge in [-0.2, -0.15) is 0 Å². The fraction of sp³-hybridized carbons (Fsp3) is 0.615. The molecule has 4 nitrogen and oxygen atoms in total. The van der Waals surface area contributed by atoms with Gasteiger partial charge in [-0.3, -0.25) is 4.90 Å². The molecule has 0 amide bonds. The molecule has 100 valence electrons. The number of pyridine rings is 1. The van der Waals surface area contributed by atoms with E-state index < -0.39 is 0 Å². The third-order valence-electron chi connectivity index (χ3n) is 3.26. The Morgan fingerprint density at radius 2 is 1.94 bits per heavy atom. The van der Waals surface area contributed by atoms with E-state index in [0.29, 0.717) is 0 Å². The molecule has 0 N–H and O–H groups in total. The first-order valence-electron chi connectivity index (χ1n) is 6.40. The molecule has 1 aliphatic heterocycles. The summed E-state index contributed by atoms with van der Waals surface area (Å²) in [5, 5.41) is 0. The molecule has 0 atom stereocenters. The lowest BCUT2D eigenvalue weighted by Crippen LogP contribution is -2.48. The van der Waals surface area contributed by atoms with Crippen LogP contribution in [0.25, 0.3) is 0 Å². The van der Waals surface area contributed by atoms with Crippen molar-refractivity contribution in [1.82, 2.24) is 14.8 Å². The number of halogens is 1. The van der Waals surface area contributed by atoms with Gasteiger partial charge in [0.1, 0.15) is 10.4 Å². The summed E-state index contributed by atoms with van der Waals surface area (Å²) in [5.41, 5.74) is 0. The zero-order valence-corrected chi connectivity index (χ0v) is 12.7. The molecule has 0 unspecified atom stereocenters. The molecule has 1 aliphatic rings. The van der Waals surface area contributed by atoms with Gasteiger partial charge in [-0.1, -0.05) is 6.07 Å². The lowest BCUT2D eigenvalue weighted by molar-refractivity contribution is 0.229. The van der Waals surface area contributed by atoms with Gasteiger partial charge in [-0.05, 0) is 42.2 Å². The van der Waals surface area contributed by atoms with Crippen molar-refractivity contribution in [2.45, 2.75) is 0 Å². The molecule has 1 saturated heterocycles. The summed E-state index contributed by atoms with van der Waals surface area (Å²) in [6.45, 7) is 6.68. The predicted molar refractivity (Wildman–Crippen MR) is 79.1 cm³/mol. The van der Waals surface area contributed by atoms with Gasteiger partial charge in [0.05, 0.1) is 0 Å². The summed E-state index contributed by atoms with van der Waals surface area (Å²) in [7, 11) is 4.25. The SMILES string of the molecule is CN(C)CCN1CCN(c2cccc(Br)n2)CC1. The molecule has 2 rings (SSSR count). The van der Waals surface area contributed by atoms with Crippen LogP contribution in [-0.4, -0.2) is 68.1 Å². The molecule has 1 fully saturated rings. The molecular formula is C13H21BrN4. The van der Waals surface area contributed by atoms with E-state index in [0.717, 1.165) is 49.7 Å². The van der Waals surface area contributed by atoms with Gasteiger partial charge < -0.3 is 9.80 Å². The second-order valence-corrected chi connectivity index (χ2v) is 5.76. The van der Waals surface area contributed by atoms with Gasteiger partial charge in [-0.15, -0.1) is 0 Å². The standard InChI is InChI=1S/C13H21BrN4/c1-16(2)6-7-17-8-10-18(11-9-17)13-5-3-4-12(14)15-13/h3-5H,6-11H2,1-2H3. The third kappa shape index (κ3) is 3.93. The van der Waals surface area contributed by atoms with E-state index in [1.54, 1.807) is 0 Å². The lowest BCUT2D eigenvalue weighted by atomic mass is 10.3. The van der Waals surface area contributed by atoms with E-state index in [2.05, 4.69) is 55.8 Å². The molecule has 5 heteroatoms. The van der Waals surface area contributed by atoms with Gasteiger partial charge in [0, 0.05) is 39.3 Å². The van der Waals surface area contributed by atoms with Crippen LogP contribution in [0.15, 0.2) is 22.8 Å². The lowest BCUT2D eigenvalue weighted by Gasteiger charge is -2.35. The van der Waals surface area contributed by atoms with Gasteiger partial charge in [0.25, 0.3) is 0 Å². The fourth-order valence-electron chi connectivity index (χ4n) is 2.12. The van der Waals surface area contributed by atoms with Gasteiger partial charge in [0.2, 0.25) is 0 Å². The maximum Gasteiger partial charge on any atom is 0.129 e.